The molecule has 0 aromatic heterocycles. The van der Waals surface area contributed by atoms with Crippen LogP contribution in [0.2, 0.25) is 0 Å². The van der Waals surface area contributed by atoms with Gasteiger partial charge in [0.05, 0.1) is 19.8 Å². The number of methoxy groups -OCH3 is 1. The largest absolute Gasteiger partial charge is 0.497 e. The Morgan fingerprint density at radius 3 is 2.50 bits per heavy atom. The lowest BCUT2D eigenvalue weighted by Crippen LogP contribution is -2.37. The van der Waals surface area contributed by atoms with Crippen LogP contribution >= 0.6 is 0 Å². The van der Waals surface area contributed by atoms with Crippen molar-refractivity contribution < 1.29 is 19.7 Å². The molecule has 0 aliphatic rings. The van der Waals surface area contributed by atoms with Crippen LogP contribution in [0.3, 0.4) is 0 Å². The number of aliphatic hydroxyl groups excluding tert-OH is 2. The van der Waals surface area contributed by atoms with E-state index in [1.54, 1.807) is 31.4 Å². The van der Waals surface area contributed by atoms with Gasteiger partial charge in [0.15, 0.2) is 0 Å². The predicted molar refractivity (Wildman–Crippen MR) is 58.0 cm³/mol. The van der Waals surface area contributed by atoms with Gasteiger partial charge in [-0.1, -0.05) is 12.1 Å². The molecule has 1 amide bonds. The third kappa shape index (κ3) is 2.95. The Morgan fingerprint density at radius 1 is 1.44 bits per heavy atom. The second-order valence-corrected chi connectivity index (χ2v) is 3.29. The van der Waals surface area contributed by atoms with E-state index in [0.717, 1.165) is 0 Å². The van der Waals surface area contributed by atoms with Crippen molar-refractivity contribution >= 4 is 6.41 Å². The summed E-state index contributed by atoms with van der Waals surface area (Å²) in [6.07, 6.45) is -0.491. The highest BCUT2D eigenvalue weighted by molar-refractivity contribution is 5.47. The minimum atomic E-state index is -0.943. The standard InChI is InChI=1S/C11H15NO4/c1-16-9-4-2-8(3-5-9)11(15)10(6-13)12-7-14/h2-5,7,10-11,13,15H,6H2,1H3,(H,12,14)/t10-,11-/m0/s1. The SMILES string of the molecule is COc1ccc([C@H](O)[C@H](CO)NC=O)cc1. The van der Waals surface area contributed by atoms with Gasteiger partial charge in [-0.05, 0) is 17.7 Å². The van der Waals surface area contributed by atoms with Crippen molar-refractivity contribution in [1.82, 2.24) is 5.32 Å². The van der Waals surface area contributed by atoms with Gasteiger partial charge in [-0.15, -0.1) is 0 Å². The molecule has 0 radical (unpaired) electrons. The number of aliphatic hydroxyl groups is 2. The summed E-state index contributed by atoms with van der Waals surface area (Å²) >= 11 is 0. The first kappa shape index (κ1) is 12.5. The molecule has 88 valence electrons. The van der Waals surface area contributed by atoms with Gasteiger partial charge in [0.2, 0.25) is 6.41 Å². The van der Waals surface area contributed by atoms with E-state index >= 15 is 0 Å². The third-order valence-electron chi connectivity index (χ3n) is 2.32. The number of hydrogen-bond acceptors (Lipinski definition) is 4. The summed E-state index contributed by atoms with van der Waals surface area (Å²) in [5.41, 5.74) is 0.606. The lowest BCUT2D eigenvalue weighted by molar-refractivity contribution is -0.111. The number of carbonyl (C=O) groups excluding carboxylic acids is 1. The fourth-order valence-electron chi connectivity index (χ4n) is 1.36. The van der Waals surface area contributed by atoms with Crippen LogP contribution in [0.5, 0.6) is 5.75 Å². The molecule has 1 aromatic rings. The summed E-state index contributed by atoms with van der Waals surface area (Å²) < 4.78 is 4.98. The fraction of sp³-hybridized carbons (Fsp3) is 0.364. The Labute approximate surface area is 93.7 Å². The summed E-state index contributed by atoms with van der Waals surface area (Å²) in [5, 5.41) is 21.2. The molecular weight excluding hydrogens is 210 g/mol. The van der Waals surface area contributed by atoms with Gasteiger partial charge >= 0.3 is 0 Å². The van der Waals surface area contributed by atoms with Gasteiger partial charge in [-0.2, -0.15) is 0 Å². The molecule has 0 unspecified atom stereocenters. The molecule has 0 saturated heterocycles. The van der Waals surface area contributed by atoms with E-state index in [-0.39, 0.29) is 6.61 Å². The van der Waals surface area contributed by atoms with E-state index in [4.69, 9.17) is 9.84 Å². The number of benzene rings is 1. The van der Waals surface area contributed by atoms with Crippen LogP contribution in [0.4, 0.5) is 0 Å². The Morgan fingerprint density at radius 2 is 2.06 bits per heavy atom. The molecule has 5 nitrogen and oxygen atoms in total. The minimum absolute atomic E-state index is 0.327. The van der Waals surface area contributed by atoms with Crippen molar-refractivity contribution in [3.05, 3.63) is 29.8 Å². The maximum absolute atomic E-state index is 10.3. The lowest BCUT2D eigenvalue weighted by Gasteiger charge is -2.20. The van der Waals surface area contributed by atoms with E-state index in [1.807, 2.05) is 0 Å². The summed E-state index contributed by atoms with van der Waals surface area (Å²) in [6, 6.07) is 6.06. The van der Waals surface area contributed by atoms with Crippen molar-refractivity contribution in [2.75, 3.05) is 13.7 Å². The second kappa shape index (κ2) is 6.09. The second-order valence-electron chi connectivity index (χ2n) is 3.29. The zero-order chi connectivity index (χ0) is 12.0. The molecule has 1 rings (SSSR count). The summed E-state index contributed by atoms with van der Waals surface area (Å²) in [7, 11) is 1.55. The highest BCUT2D eigenvalue weighted by atomic mass is 16.5. The van der Waals surface area contributed by atoms with Gasteiger partial charge in [-0.3, -0.25) is 4.79 Å². The number of ether oxygens (including phenoxy) is 1. The molecule has 0 spiro atoms. The van der Waals surface area contributed by atoms with Crippen LogP contribution < -0.4 is 10.1 Å². The lowest BCUT2D eigenvalue weighted by atomic mass is 10.0. The first-order chi connectivity index (χ1) is 7.72. The van der Waals surface area contributed by atoms with Crippen LogP contribution in [-0.2, 0) is 4.79 Å². The molecule has 0 aliphatic heterocycles. The van der Waals surface area contributed by atoms with Crippen molar-refractivity contribution in [2.24, 2.45) is 0 Å². The monoisotopic (exact) mass is 225 g/mol. The molecule has 2 atom stereocenters. The minimum Gasteiger partial charge on any atom is -0.497 e. The Balaban J connectivity index is 2.77. The zero-order valence-corrected chi connectivity index (χ0v) is 8.96. The van der Waals surface area contributed by atoms with Crippen LogP contribution in [0.1, 0.15) is 11.7 Å². The van der Waals surface area contributed by atoms with Crippen molar-refractivity contribution in [3.63, 3.8) is 0 Å². The number of amides is 1. The van der Waals surface area contributed by atoms with Gasteiger partial charge in [-0.25, -0.2) is 0 Å². The number of carbonyl (C=O) groups is 1. The van der Waals surface area contributed by atoms with Crippen LogP contribution in [0, 0.1) is 0 Å². The fourth-order valence-corrected chi connectivity index (χ4v) is 1.36. The molecule has 0 aliphatic carbocycles. The molecule has 16 heavy (non-hydrogen) atoms. The molecule has 0 saturated carbocycles. The van der Waals surface area contributed by atoms with E-state index in [0.29, 0.717) is 17.7 Å². The average molecular weight is 225 g/mol. The predicted octanol–water partition coefficient (Wildman–Crippen LogP) is -0.165. The topological polar surface area (TPSA) is 78.8 Å². The molecule has 0 bridgehead atoms. The third-order valence-corrected chi connectivity index (χ3v) is 2.32. The zero-order valence-electron chi connectivity index (χ0n) is 8.96. The molecule has 1 aromatic carbocycles. The van der Waals surface area contributed by atoms with Crippen molar-refractivity contribution in [1.29, 1.82) is 0 Å². The van der Waals surface area contributed by atoms with E-state index in [1.165, 1.54) is 0 Å². The molecule has 5 heteroatoms. The van der Waals surface area contributed by atoms with Crippen LogP contribution in [0.25, 0.3) is 0 Å². The first-order valence-corrected chi connectivity index (χ1v) is 4.85. The normalized spacial score (nSPS) is 13.9. The van der Waals surface area contributed by atoms with Crippen LogP contribution in [0.15, 0.2) is 24.3 Å². The Hall–Kier alpha value is -1.59. The van der Waals surface area contributed by atoms with Gasteiger partial charge in [0, 0.05) is 0 Å². The summed E-state index contributed by atoms with van der Waals surface area (Å²) in [4.78, 5) is 10.3. The average Bonchev–Trinajstić information content (AvgIpc) is 2.35. The van der Waals surface area contributed by atoms with E-state index < -0.39 is 12.1 Å². The van der Waals surface area contributed by atoms with E-state index in [2.05, 4.69) is 5.32 Å². The number of hydrogen-bond donors (Lipinski definition) is 3. The van der Waals surface area contributed by atoms with Crippen molar-refractivity contribution in [2.45, 2.75) is 12.1 Å². The van der Waals surface area contributed by atoms with Crippen LogP contribution in [-0.4, -0.2) is 36.4 Å². The number of rotatable bonds is 6. The Bertz CT molecular complexity index is 325. The molecule has 0 heterocycles. The smallest absolute Gasteiger partial charge is 0.207 e. The molecular formula is C11H15NO4. The molecule has 3 N–H and O–H groups in total. The van der Waals surface area contributed by atoms with E-state index in [9.17, 15) is 9.90 Å². The van der Waals surface area contributed by atoms with Gasteiger partial charge < -0.3 is 20.3 Å². The summed E-state index contributed by atoms with van der Waals surface area (Å²) in [6.45, 7) is -0.327. The maximum atomic E-state index is 10.3. The molecule has 0 fully saturated rings. The summed E-state index contributed by atoms with van der Waals surface area (Å²) in [5.74, 6) is 0.680. The Kier molecular flexibility index (Phi) is 4.75. The number of nitrogens with one attached hydrogen (secondary N) is 1. The van der Waals surface area contributed by atoms with Crippen molar-refractivity contribution in [3.8, 4) is 5.75 Å². The highest BCUT2D eigenvalue weighted by Gasteiger charge is 2.19. The van der Waals surface area contributed by atoms with Gasteiger partial charge in [0.25, 0.3) is 0 Å². The quantitative estimate of drug-likeness (QED) is 0.588. The first-order valence-electron chi connectivity index (χ1n) is 4.85. The maximum Gasteiger partial charge on any atom is 0.207 e. The highest BCUT2D eigenvalue weighted by Crippen LogP contribution is 2.19. The van der Waals surface area contributed by atoms with Gasteiger partial charge in [0.1, 0.15) is 11.9 Å².